The van der Waals surface area contributed by atoms with Gasteiger partial charge in [-0.15, -0.1) is 10.2 Å². The van der Waals surface area contributed by atoms with Gasteiger partial charge >= 0.3 is 6.09 Å². The van der Waals surface area contributed by atoms with Gasteiger partial charge < -0.3 is 26.0 Å². The van der Waals surface area contributed by atoms with Gasteiger partial charge in [-0.05, 0) is 137 Å². The van der Waals surface area contributed by atoms with E-state index in [0.717, 1.165) is 40.7 Å². The van der Waals surface area contributed by atoms with Crippen LogP contribution >= 0.6 is 0 Å². The Bertz CT molecular complexity index is 1860. The molecule has 1 fully saturated rings. The normalized spacial score (nSPS) is 16.4. The van der Waals surface area contributed by atoms with Gasteiger partial charge in [0.2, 0.25) is 17.6 Å². The molecular formula is C40H50N8O5. The topological polar surface area (TPSA) is 180 Å². The number of H-pyrrole nitrogens is 1. The molecule has 0 aliphatic heterocycles. The smallest absolute Gasteiger partial charge is 0.407 e. The summed E-state index contributed by atoms with van der Waals surface area (Å²) in [5.74, 6) is -0.164. The molecule has 1 atom stereocenters. The van der Waals surface area contributed by atoms with Crippen molar-refractivity contribution in [1.82, 2.24) is 36.6 Å². The molecule has 3 aromatic carbocycles. The van der Waals surface area contributed by atoms with Crippen molar-refractivity contribution in [2.45, 2.75) is 91.3 Å². The van der Waals surface area contributed by atoms with Gasteiger partial charge in [-0.3, -0.25) is 14.4 Å². The average molecular weight is 723 g/mol. The van der Waals surface area contributed by atoms with Gasteiger partial charge in [0, 0.05) is 41.7 Å². The highest BCUT2D eigenvalue weighted by atomic mass is 16.6. The lowest BCUT2D eigenvalue weighted by molar-refractivity contribution is -0.130. The quantitative estimate of drug-likeness (QED) is 0.119. The number of carbonyl (C=O) groups excluding carboxylic acids is 4. The molecule has 1 aromatic heterocycles. The summed E-state index contributed by atoms with van der Waals surface area (Å²) in [5, 5.41) is 25.8. The second-order valence-electron chi connectivity index (χ2n) is 15.0. The van der Waals surface area contributed by atoms with E-state index in [-0.39, 0.29) is 42.0 Å². The van der Waals surface area contributed by atoms with E-state index in [1.165, 1.54) is 0 Å². The molecule has 0 spiro atoms. The SMILES string of the molecule is Cc1cc(C(=O)NC(C)C)ccc1-c1ccc(CC(NC(=O)C2CCC(CNC(=O)OC(C)(C)C)CC2)C(=O)Nc2ccc(-c3nn[nH]n3)cc2)cc1. The summed E-state index contributed by atoms with van der Waals surface area (Å²) in [5.41, 5.74) is 5.17. The number of benzene rings is 3. The predicted molar refractivity (Wildman–Crippen MR) is 203 cm³/mol. The van der Waals surface area contributed by atoms with Crippen LogP contribution in [0.1, 0.15) is 81.8 Å². The minimum absolute atomic E-state index is 0.0452. The molecule has 53 heavy (non-hydrogen) atoms. The fraction of sp³-hybridized carbons (Fsp3) is 0.425. The van der Waals surface area contributed by atoms with E-state index in [2.05, 4.69) is 41.9 Å². The van der Waals surface area contributed by atoms with E-state index >= 15 is 0 Å². The first kappa shape index (κ1) is 38.6. The zero-order valence-electron chi connectivity index (χ0n) is 31.3. The van der Waals surface area contributed by atoms with Crippen molar-refractivity contribution in [3.8, 4) is 22.5 Å². The number of aromatic amines is 1. The Kier molecular flexibility index (Phi) is 12.6. The number of aryl methyl sites for hydroxylation is 1. The highest BCUT2D eigenvalue weighted by Crippen LogP contribution is 2.29. The largest absolute Gasteiger partial charge is 0.444 e. The van der Waals surface area contributed by atoms with Crippen LogP contribution in [0.2, 0.25) is 0 Å². The van der Waals surface area contributed by atoms with E-state index in [1.54, 1.807) is 24.3 Å². The minimum Gasteiger partial charge on any atom is -0.444 e. The van der Waals surface area contributed by atoms with Gasteiger partial charge in [0.1, 0.15) is 11.6 Å². The van der Waals surface area contributed by atoms with Crippen molar-refractivity contribution < 1.29 is 23.9 Å². The van der Waals surface area contributed by atoms with Crippen LogP contribution in [0.15, 0.2) is 66.7 Å². The van der Waals surface area contributed by atoms with Crippen molar-refractivity contribution >= 4 is 29.5 Å². The summed E-state index contributed by atoms with van der Waals surface area (Å²) in [6, 6.07) is 19.9. The molecule has 0 bridgehead atoms. The summed E-state index contributed by atoms with van der Waals surface area (Å²) in [6.45, 7) is 11.8. The molecule has 4 amide bonds. The molecule has 1 unspecified atom stereocenters. The molecule has 4 aromatic rings. The zero-order chi connectivity index (χ0) is 38.1. The summed E-state index contributed by atoms with van der Waals surface area (Å²) in [4.78, 5) is 52.1. The molecule has 5 rings (SSSR count). The third kappa shape index (κ3) is 11.2. The highest BCUT2D eigenvalue weighted by Gasteiger charge is 2.30. The Hall–Kier alpha value is -5.59. The number of ether oxygens (including phenoxy) is 1. The Morgan fingerprint density at radius 1 is 0.887 bits per heavy atom. The molecule has 1 heterocycles. The van der Waals surface area contributed by atoms with Gasteiger partial charge in [-0.25, -0.2) is 4.79 Å². The number of aromatic nitrogens is 4. The monoisotopic (exact) mass is 722 g/mol. The third-order valence-corrected chi connectivity index (χ3v) is 9.15. The highest BCUT2D eigenvalue weighted by molar-refractivity contribution is 5.98. The molecule has 13 nitrogen and oxygen atoms in total. The third-order valence-electron chi connectivity index (χ3n) is 9.15. The molecular weight excluding hydrogens is 672 g/mol. The second kappa shape index (κ2) is 17.3. The predicted octanol–water partition coefficient (Wildman–Crippen LogP) is 5.98. The van der Waals surface area contributed by atoms with Crippen molar-refractivity contribution in [2.24, 2.45) is 11.8 Å². The van der Waals surface area contributed by atoms with Gasteiger partial charge in [0.15, 0.2) is 0 Å². The number of anilines is 1. The van der Waals surface area contributed by atoms with Gasteiger partial charge in [0.05, 0.1) is 0 Å². The zero-order valence-corrected chi connectivity index (χ0v) is 31.3. The van der Waals surface area contributed by atoms with Crippen LogP contribution in [0.25, 0.3) is 22.5 Å². The lowest BCUT2D eigenvalue weighted by Gasteiger charge is -2.29. The number of tetrazole rings is 1. The summed E-state index contributed by atoms with van der Waals surface area (Å²) < 4.78 is 5.35. The van der Waals surface area contributed by atoms with Crippen molar-refractivity contribution in [1.29, 1.82) is 0 Å². The van der Waals surface area contributed by atoms with Crippen molar-refractivity contribution in [2.75, 3.05) is 11.9 Å². The van der Waals surface area contributed by atoms with Crippen LogP contribution in [0.3, 0.4) is 0 Å². The minimum atomic E-state index is -0.836. The van der Waals surface area contributed by atoms with E-state index in [0.29, 0.717) is 36.5 Å². The number of carbonyl (C=O) groups is 4. The van der Waals surface area contributed by atoms with Gasteiger partial charge in [-0.1, -0.05) is 30.3 Å². The van der Waals surface area contributed by atoms with E-state index in [1.807, 2.05) is 84.0 Å². The molecule has 1 aliphatic rings. The van der Waals surface area contributed by atoms with Crippen LogP contribution in [0, 0.1) is 18.8 Å². The molecule has 1 saturated carbocycles. The number of nitrogens with zero attached hydrogens (tertiary/aromatic N) is 3. The molecule has 5 N–H and O–H groups in total. The lowest BCUT2D eigenvalue weighted by atomic mass is 9.81. The maximum absolute atomic E-state index is 13.8. The average Bonchev–Trinajstić information content (AvgIpc) is 3.66. The number of alkyl carbamates (subject to hydrolysis) is 1. The maximum Gasteiger partial charge on any atom is 0.407 e. The first-order chi connectivity index (χ1) is 25.2. The van der Waals surface area contributed by atoms with Crippen LogP contribution < -0.4 is 21.3 Å². The van der Waals surface area contributed by atoms with Crippen molar-refractivity contribution in [3.05, 3.63) is 83.4 Å². The van der Waals surface area contributed by atoms with Gasteiger partial charge in [-0.2, -0.15) is 5.21 Å². The molecule has 0 radical (unpaired) electrons. The summed E-state index contributed by atoms with van der Waals surface area (Å²) in [7, 11) is 0. The number of hydrogen-bond donors (Lipinski definition) is 5. The fourth-order valence-electron chi connectivity index (χ4n) is 6.42. The second-order valence-corrected chi connectivity index (χ2v) is 15.0. The Labute approximate surface area is 310 Å². The van der Waals surface area contributed by atoms with Crippen LogP contribution in [0.4, 0.5) is 10.5 Å². The summed E-state index contributed by atoms with van der Waals surface area (Å²) in [6.07, 6.45) is 2.71. The maximum atomic E-state index is 13.8. The fourth-order valence-corrected chi connectivity index (χ4v) is 6.42. The number of amides is 4. The van der Waals surface area contributed by atoms with Gasteiger partial charge in [0.25, 0.3) is 5.91 Å². The Morgan fingerprint density at radius 2 is 1.57 bits per heavy atom. The molecule has 0 saturated heterocycles. The van der Waals surface area contributed by atoms with Crippen LogP contribution in [-0.2, 0) is 20.7 Å². The number of nitrogens with one attached hydrogen (secondary N) is 5. The van der Waals surface area contributed by atoms with E-state index in [4.69, 9.17) is 4.74 Å². The molecule has 1 aliphatic carbocycles. The first-order valence-electron chi connectivity index (χ1n) is 18.2. The molecule has 13 heteroatoms. The van der Waals surface area contributed by atoms with E-state index < -0.39 is 17.7 Å². The standard InChI is InChI=1S/C40H50N8O5/c1-24(2)42-37(50)31-17-20-33(25(3)21-31)28-11-7-26(8-12-28)22-34(38(51)43-32-18-15-29(16-19-32)35-45-47-48-46-35)44-36(49)30-13-9-27(10-14-30)23-41-39(52)53-40(4,5)6/h7-8,11-12,15-21,24,27,30,34H,9-10,13-14,22-23H2,1-6H3,(H,41,52)(H,42,50)(H,43,51)(H,44,49)(H,45,46,47,48). The van der Waals surface area contributed by atoms with Crippen molar-refractivity contribution in [3.63, 3.8) is 0 Å². The first-order valence-corrected chi connectivity index (χ1v) is 18.2. The lowest BCUT2D eigenvalue weighted by Crippen LogP contribution is -2.48. The Morgan fingerprint density at radius 3 is 2.17 bits per heavy atom. The van der Waals surface area contributed by atoms with E-state index in [9.17, 15) is 19.2 Å². The van der Waals surface area contributed by atoms with Crippen LogP contribution in [0.5, 0.6) is 0 Å². The Balaban J connectivity index is 1.25. The number of hydrogen-bond acceptors (Lipinski definition) is 8. The summed E-state index contributed by atoms with van der Waals surface area (Å²) >= 11 is 0. The molecule has 280 valence electrons. The van der Waals surface area contributed by atoms with Crippen LogP contribution in [-0.4, -0.2) is 68.7 Å². The number of rotatable bonds is 12.